The fourth-order valence-corrected chi connectivity index (χ4v) is 2.44. The quantitative estimate of drug-likeness (QED) is 0.772. The summed E-state index contributed by atoms with van der Waals surface area (Å²) in [6, 6.07) is 17.7. The molecule has 0 radical (unpaired) electrons. The van der Waals surface area contributed by atoms with Crippen LogP contribution in [0.15, 0.2) is 66.9 Å². The molecule has 1 saturated heterocycles. The van der Waals surface area contributed by atoms with E-state index in [1.54, 1.807) is 6.92 Å². The average molecular weight is 310 g/mol. The zero-order chi connectivity index (χ0) is 16.3. The Morgan fingerprint density at radius 1 is 1.00 bits per heavy atom. The van der Waals surface area contributed by atoms with E-state index >= 15 is 0 Å². The second-order valence-electron chi connectivity index (χ2n) is 5.59. The normalized spacial score (nSPS) is 20.2. The molecule has 1 fully saturated rings. The first-order valence-corrected chi connectivity index (χ1v) is 7.39. The topological polar surface area (TPSA) is 44.8 Å². The van der Waals surface area contributed by atoms with E-state index < -0.39 is 11.8 Å². The van der Waals surface area contributed by atoms with Crippen molar-refractivity contribution in [2.45, 2.75) is 25.7 Å². The van der Waals surface area contributed by atoms with Crippen LogP contribution in [-0.4, -0.2) is 6.16 Å². The Balaban J connectivity index is 1.61. The van der Waals surface area contributed by atoms with Crippen molar-refractivity contribution in [1.29, 1.82) is 0 Å². The van der Waals surface area contributed by atoms with Crippen LogP contribution < -0.4 is 0 Å². The van der Waals surface area contributed by atoms with Gasteiger partial charge in [0, 0.05) is 5.56 Å². The number of carbonyl (C=O) groups is 1. The van der Waals surface area contributed by atoms with E-state index in [2.05, 4.69) is 6.58 Å². The van der Waals surface area contributed by atoms with Gasteiger partial charge in [-0.2, -0.15) is 0 Å². The van der Waals surface area contributed by atoms with Crippen molar-refractivity contribution in [3.8, 4) is 0 Å². The van der Waals surface area contributed by atoms with Gasteiger partial charge in [-0.15, -0.1) is 0 Å². The molecule has 1 aliphatic rings. The Kier molecular flexibility index (Phi) is 4.17. The lowest BCUT2D eigenvalue weighted by molar-refractivity contribution is 0.0755. The molecule has 1 atom stereocenters. The Labute approximate surface area is 135 Å². The van der Waals surface area contributed by atoms with E-state index in [-0.39, 0.29) is 0 Å². The molecule has 1 heterocycles. The summed E-state index contributed by atoms with van der Waals surface area (Å²) in [7, 11) is 0. The zero-order valence-corrected chi connectivity index (χ0v) is 13.0. The van der Waals surface area contributed by atoms with Crippen LogP contribution in [-0.2, 0) is 33.0 Å². The van der Waals surface area contributed by atoms with Gasteiger partial charge in [0.2, 0.25) is 0 Å². The summed E-state index contributed by atoms with van der Waals surface area (Å²) in [5.74, 6) is 0.301. The minimum absolute atomic E-state index is 0.301. The monoisotopic (exact) mass is 310 g/mol. The summed E-state index contributed by atoms with van der Waals surface area (Å²) in [5, 5.41) is 0. The molecule has 0 bridgehead atoms. The number of cyclic esters (lactones) is 2. The van der Waals surface area contributed by atoms with Crippen molar-refractivity contribution >= 4 is 6.16 Å². The van der Waals surface area contributed by atoms with Crippen molar-refractivity contribution in [2.75, 3.05) is 0 Å². The summed E-state index contributed by atoms with van der Waals surface area (Å²) >= 11 is 0. The van der Waals surface area contributed by atoms with Crippen molar-refractivity contribution in [3.05, 3.63) is 83.6 Å². The summed E-state index contributed by atoms with van der Waals surface area (Å²) in [5.41, 5.74) is 2.08. The highest BCUT2D eigenvalue weighted by Gasteiger charge is 2.43. The molecule has 0 aliphatic carbocycles. The highest BCUT2D eigenvalue weighted by atomic mass is 16.8. The largest absolute Gasteiger partial charge is 0.515 e. The van der Waals surface area contributed by atoms with Crippen LogP contribution in [0, 0.1) is 0 Å². The van der Waals surface area contributed by atoms with Crippen LogP contribution in [0.4, 0.5) is 4.79 Å². The van der Waals surface area contributed by atoms with Gasteiger partial charge in [-0.1, -0.05) is 61.2 Å². The molecule has 0 aromatic heterocycles. The smallest absolute Gasteiger partial charge is 0.415 e. The fourth-order valence-electron chi connectivity index (χ4n) is 2.44. The average Bonchev–Trinajstić information content (AvgIpc) is 2.82. The maximum Gasteiger partial charge on any atom is 0.515 e. The third-order valence-corrected chi connectivity index (χ3v) is 3.91. The lowest BCUT2D eigenvalue weighted by atomic mass is 9.94. The minimum Gasteiger partial charge on any atom is -0.415 e. The number of hydrogen-bond acceptors (Lipinski definition) is 4. The van der Waals surface area contributed by atoms with Crippen LogP contribution in [0.5, 0.6) is 0 Å². The molecule has 4 nitrogen and oxygen atoms in total. The van der Waals surface area contributed by atoms with Crippen molar-refractivity contribution in [3.63, 3.8) is 0 Å². The van der Waals surface area contributed by atoms with Crippen molar-refractivity contribution in [1.82, 2.24) is 0 Å². The molecule has 0 saturated carbocycles. The van der Waals surface area contributed by atoms with Crippen molar-refractivity contribution < 1.29 is 19.0 Å². The first-order valence-electron chi connectivity index (χ1n) is 7.39. The first-order chi connectivity index (χ1) is 11.1. The summed E-state index contributed by atoms with van der Waals surface area (Å²) in [6.45, 7) is 6.60. The van der Waals surface area contributed by atoms with E-state index in [4.69, 9.17) is 14.2 Å². The van der Waals surface area contributed by atoms with Gasteiger partial charge in [-0.25, -0.2) is 4.79 Å². The molecule has 1 aliphatic heterocycles. The summed E-state index contributed by atoms with van der Waals surface area (Å²) in [6.07, 6.45) is -0.715. The number of rotatable bonds is 5. The number of benzene rings is 2. The predicted octanol–water partition coefficient (Wildman–Crippen LogP) is 4.30. The molecular weight excluding hydrogens is 292 g/mol. The molecular formula is C19H18O4. The third kappa shape index (κ3) is 3.27. The lowest BCUT2D eigenvalue weighted by Crippen LogP contribution is -2.22. The standard InChI is InChI=1S/C19H18O4/c1-14-19(2,23-18(20)22-14)17-10-8-16(9-11-17)13-21-12-15-6-4-3-5-7-15/h3-11H,1,12-13H2,2H3. The number of carbonyl (C=O) groups excluding carboxylic acids is 1. The van der Waals surface area contributed by atoms with Gasteiger partial charge >= 0.3 is 6.16 Å². The molecule has 0 amide bonds. The third-order valence-electron chi connectivity index (χ3n) is 3.91. The lowest BCUT2D eigenvalue weighted by Gasteiger charge is -2.21. The van der Waals surface area contributed by atoms with Gasteiger partial charge in [0.05, 0.1) is 13.2 Å². The molecule has 0 N–H and O–H groups in total. The summed E-state index contributed by atoms with van der Waals surface area (Å²) < 4.78 is 15.8. The Bertz CT molecular complexity index is 706. The molecule has 1 unspecified atom stereocenters. The molecule has 4 heteroatoms. The second kappa shape index (κ2) is 6.26. The zero-order valence-electron chi connectivity index (χ0n) is 13.0. The maximum atomic E-state index is 11.3. The highest BCUT2D eigenvalue weighted by Crippen LogP contribution is 2.38. The van der Waals surface area contributed by atoms with Gasteiger partial charge < -0.3 is 14.2 Å². The Morgan fingerprint density at radius 2 is 1.61 bits per heavy atom. The van der Waals surface area contributed by atoms with E-state index in [0.29, 0.717) is 19.0 Å². The van der Waals surface area contributed by atoms with Crippen LogP contribution in [0.2, 0.25) is 0 Å². The molecule has 0 spiro atoms. The van der Waals surface area contributed by atoms with E-state index in [0.717, 1.165) is 16.7 Å². The van der Waals surface area contributed by atoms with Crippen molar-refractivity contribution in [2.24, 2.45) is 0 Å². The first kappa shape index (κ1) is 15.3. The molecule has 23 heavy (non-hydrogen) atoms. The number of ether oxygens (including phenoxy) is 3. The van der Waals surface area contributed by atoms with Gasteiger partial charge in [0.15, 0.2) is 11.4 Å². The fraction of sp³-hybridized carbons (Fsp3) is 0.211. The Hall–Kier alpha value is -2.59. The van der Waals surface area contributed by atoms with E-state index in [9.17, 15) is 4.79 Å². The number of hydrogen-bond donors (Lipinski definition) is 0. The SMILES string of the molecule is C=C1OC(=O)OC1(C)c1ccc(COCc2ccccc2)cc1. The summed E-state index contributed by atoms with van der Waals surface area (Å²) in [4.78, 5) is 11.3. The van der Waals surface area contributed by atoms with Crippen LogP contribution in [0.1, 0.15) is 23.6 Å². The van der Waals surface area contributed by atoms with E-state index in [1.807, 2.05) is 54.6 Å². The minimum atomic E-state index is -0.930. The van der Waals surface area contributed by atoms with E-state index in [1.165, 1.54) is 0 Å². The predicted molar refractivity (Wildman–Crippen MR) is 85.4 cm³/mol. The maximum absolute atomic E-state index is 11.3. The molecule has 2 aromatic carbocycles. The highest BCUT2D eigenvalue weighted by molar-refractivity contribution is 5.67. The molecule has 118 valence electrons. The van der Waals surface area contributed by atoms with Gasteiger partial charge in [0.25, 0.3) is 0 Å². The van der Waals surface area contributed by atoms with Crippen LogP contribution in [0.25, 0.3) is 0 Å². The molecule has 3 rings (SSSR count). The Morgan fingerprint density at radius 3 is 2.17 bits per heavy atom. The van der Waals surface area contributed by atoms with Gasteiger partial charge in [0.1, 0.15) is 0 Å². The van der Waals surface area contributed by atoms with Crippen LogP contribution >= 0.6 is 0 Å². The van der Waals surface area contributed by atoms with Crippen LogP contribution in [0.3, 0.4) is 0 Å². The van der Waals surface area contributed by atoms with Gasteiger partial charge in [-0.05, 0) is 18.1 Å². The molecule has 2 aromatic rings. The second-order valence-corrected chi connectivity index (χ2v) is 5.59. The van der Waals surface area contributed by atoms with Gasteiger partial charge in [-0.3, -0.25) is 0 Å².